The fourth-order valence-corrected chi connectivity index (χ4v) is 3.22. The maximum absolute atomic E-state index is 12.1. The van der Waals surface area contributed by atoms with Crippen LogP contribution in [-0.4, -0.2) is 17.7 Å². The number of carbonyl (C=O) groups is 1. The highest BCUT2D eigenvalue weighted by molar-refractivity contribution is 6.43. The van der Waals surface area contributed by atoms with Crippen LogP contribution in [0.3, 0.4) is 0 Å². The monoisotopic (exact) mass is 342 g/mol. The molecule has 1 heterocycles. The fraction of sp³-hybridized carbons (Fsp3) is 0.312. The van der Waals surface area contributed by atoms with Gasteiger partial charge in [-0.1, -0.05) is 34.8 Å². The van der Waals surface area contributed by atoms with Crippen LogP contribution in [-0.2, 0) is 4.79 Å². The molecule has 0 amide bonds. The summed E-state index contributed by atoms with van der Waals surface area (Å²) >= 11 is 18.5. The molecule has 1 unspecified atom stereocenters. The van der Waals surface area contributed by atoms with Gasteiger partial charge in [0, 0.05) is 35.0 Å². The van der Waals surface area contributed by atoms with E-state index in [0.717, 1.165) is 11.4 Å². The number of hydrogen-bond donors (Lipinski definition) is 0. The summed E-state index contributed by atoms with van der Waals surface area (Å²) in [7, 11) is 1.91. The molecule has 1 aromatic carbocycles. The molecule has 2 nitrogen and oxygen atoms in total. The Morgan fingerprint density at radius 2 is 1.86 bits per heavy atom. The normalized spacial score (nSPS) is 18.9. The summed E-state index contributed by atoms with van der Waals surface area (Å²) in [6.45, 7) is 5.39. The molecule has 0 fully saturated rings. The van der Waals surface area contributed by atoms with Gasteiger partial charge < -0.3 is 4.90 Å². The second-order valence-electron chi connectivity index (χ2n) is 5.07. The van der Waals surface area contributed by atoms with Gasteiger partial charge in [-0.05, 0) is 44.5 Å². The van der Waals surface area contributed by atoms with E-state index < -0.39 is 0 Å². The van der Waals surface area contributed by atoms with E-state index in [1.807, 2.05) is 25.8 Å². The van der Waals surface area contributed by atoms with Crippen molar-refractivity contribution in [3.8, 4) is 0 Å². The molecule has 21 heavy (non-hydrogen) atoms. The first-order valence-corrected chi connectivity index (χ1v) is 7.57. The van der Waals surface area contributed by atoms with Crippen LogP contribution in [0.25, 0.3) is 0 Å². The predicted molar refractivity (Wildman–Crippen MR) is 87.8 cm³/mol. The van der Waals surface area contributed by atoms with Gasteiger partial charge in [0.25, 0.3) is 0 Å². The van der Waals surface area contributed by atoms with Crippen molar-refractivity contribution >= 4 is 40.6 Å². The average molecular weight is 344 g/mol. The fourth-order valence-electron chi connectivity index (χ4n) is 2.50. The second kappa shape index (κ2) is 6.04. The zero-order chi connectivity index (χ0) is 15.9. The van der Waals surface area contributed by atoms with Crippen LogP contribution in [0.1, 0.15) is 32.3 Å². The van der Waals surface area contributed by atoms with E-state index in [9.17, 15) is 4.79 Å². The summed E-state index contributed by atoms with van der Waals surface area (Å²) in [6, 6.07) is 3.33. The van der Waals surface area contributed by atoms with Gasteiger partial charge in [0.15, 0.2) is 5.78 Å². The number of nitrogens with zero attached hydrogens (tertiary/aromatic N) is 1. The number of hydrogen-bond acceptors (Lipinski definition) is 2. The first-order chi connectivity index (χ1) is 9.73. The number of carbonyl (C=O) groups excluding carboxylic acids is 1. The van der Waals surface area contributed by atoms with Crippen molar-refractivity contribution in [2.45, 2.75) is 26.7 Å². The highest BCUT2D eigenvalue weighted by Crippen LogP contribution is 2.41. The SMILES string of the molecule is CC(=O)C1=C(C)N(C)C(C)=[C]C1c1cc(Cl)cc(Cl)c1Cl. The van der Waals surface area contributed by atoms with Crippen LogP contribution in [0.5, 0.6) is 0 Å². The zero-order valence-electron chi connectivity index (χ0n) is 12.2. The van der Waals surface area contributed by atoms with Gasteiger partial charge in [-0.25, -0.2) is 0 Å². The van der Waals surface area contributed by atoms with Crippen LogP contribution in [0.4, 0.5) is 0 Å². The van der Waals surface area contributed by atoms with Gasteiger partial charge in [0.2, 0.25) is 0 Å². The van der Waals surface area contributed by atoms with E-state index in [1.165, 1.54) is 0 Å². The Bertz CT molecular complexity index is 676. The highest BCUT2D eigenvalue weighted by atomic mass is 35.5. The molecule has 1 aliphatic rings. The number of benzene rings is 1. The van der Waals surface area contributed by atoms with Gasteiger partial charge in [-0.15, -0.1) is 0 Å². The standard InChI is InChI=1S/C16H15Cl3NO/c1-8-5-12(15(10(3)21)9(2)20(8)4)13-6-11(17)7-14(18)16(13)19/h6-7,12H,1-4H3. The van der Waals surface area contributed by atoms with E-state index in [2.05, 4.69) is 6.08 Å². The first-order valence-electron chi connectivity index (χ1n) is 6.44. The molecule has 0 aliphatic carbocycles. The molecular formula is C16H15Cl3NO. The van der Waals surface area contributed by atoms with E-state index in [0.29, 0.717) is 26.2 Å². The van der Waals surface area contributed by atoms with E-state index in [-0.39, 0.29) is 11.7 Å². The molecule has 1 radical (unpaired) electrons. The predicted octanol–water partition coefficient (Wildman–Crippen LogP) is 5.25. The molecule has 1 atom stereocenters. The Hall–Kier alpha value is -0.960. The molecule has 0 bridgehead atoms. The topological polar surface area (TPSA) is 20.3 Å². The van der Waals surface area contributed by atoms with Crippen molar-refractivity contribution in [1.82, 2.24) is 4.90 Å². The van der Waals surface area contributed by atoms with Crippen molar-refractivity contribution in [3.63, 3.8) is 0 Å². The van der Waals surface area contributed by atoms with Gasteiger partial charge in [-0.3, -0.25) is 4.79 Å². The van der Waals surface area contributed by atoms with Crippen molar-refractivity contribution in [3.05, 3.63) is 55.8 Å². The number of rotatable bonds is 2. The van der Waals surface area contributed by atoms with Gasteiger partial charge in [0.05, 0.1) is 10.0 Å². The number of Topliss-reactive ketones (excluding diaryl/α,β-unsaturated/α-hetero) is 1. The van der Waals surface area contributed by atoms with E-state index >= 15 is 0 Å². The van der Waals surface area contributed by atoms with Crippen molar-refractivity contribution in [1.29, 1.82) is 0 Å². The third-order valence-electron chi connectivity index (χ3n) is 3.75. The van der Waals surface area contributed by atoms with Crippen LogP contribution >= 0.6 is 34.8 Å². The highest BCUT2D eigenvalue weighted by Gasteiger charge is 2.29. The van der Waals surface area contributed by atoms with Crippen LogP contribution in [0, 0.1) is 6.08 Å². The quantitative estimate of drug-likeness (QED) is 0.684. The molecule has 1 aliphatic heterocycles. The minimum absolute atomic E-state index is 0.0171. The third kappa shape index (κ3) is 2.98. The lowest BCUT2D eigenvalue weighted by molar-refractivity contribution is -0.114. The summed E-state index contributed by atoms with van der Waals surface area (Å²) in [5.41, 5.74) is 3.17. The van der Waals surface area contributed by atoms with Gasteiger partial charge >= 0.3 is 0 Å². The Balaban J connectivity index is 2.69. The Kier molecular flexibility index (Phi) is 4.72. The van der Waals surface area contributed by atoms with Crippen molar-refractivity contribution in [2.75, 3.05) is 7.05 Å². The number of ketones is 1. The zero-order valence-corrected chi connectivity index (χ0v) is 14.5. The number of allylic oxidation sites excluding steroid dienone is 4. The summed E-state index contributed by atoms with van der Waals surface area (Å²) < 4.78 is 0. The Morgan fingerprint density at radius 1 is 1.24 bits per heavy atom. The van der Waals surface area contributed by atoms with E-state index in [1.54, 1.807) is 19.1 Å². The molecule has 0 spiro atoms. The Labute approximate surface area is 140 Å². The molecule has 1 aromatic rings. The van der Waals surface area contributed by atoms with Crippen LogP contribution < -0.4 is 0 Å². The maximum atomic E-state index is 12.1. The minimum atomic E-state index is -0.359. The van der Waals surface area contributed by atoms with Crippen LogP contribution in [0.2, 0.25) is 15.1 Å². The molecule has 0 aromatic heterocycles. The first kappa shape index (κ1) is 16.4. The van der Waals surface area contributed by atoms with Gasteiger partial charge in [0.1, 0.15) is 0 Å². The summed E-state index contributed by atoms with van der Waals surface area (Å²) in [4.78, 5) is 14.0. The third-order valence-corrected chi connectivity index (χ3v) is 4.78. The lowest BCUT2D eigenvalue weighted by Gasteiger charge is -2.32. The molecule has 5 heteroatoms. The molecule has 0 saturated carbocycles. The number of halogens is 3. The largest absolute Gasteiger partial charge is 0.351 e. The Morgan fingerprint density at radius 3 is 2.43 bits per heavy atom. The molecule has 111 valence electrons. The van der Waals surface area contributed by atoms with Crippen molar-refractivity contribution < 1.29 is 4.79 Å². The van der Waals surface area contributed by atoms with Crippen molar-refractivity contribution in [2.24, 2.45) is 0 Å². The van der Waals surface area contributed by atoms with E-state index in [4.69, 9.17) is 34.8 Å². The second-order valence-corrected chi connectivity index (χ2v) is 6.29. The molecule has 0 N–H and O–H groups in total. The molecule has 0 saturated heterocycles. The summed E-state index contributed by atoms with van der Waals surface area (Å²) in [6.07, 6.45) is 3.30. The summed E-state index contributed by atoms with van der Waals surface area (Å²) in [5, 5.41) is 1.26. The lowest BCUT2D eigenvalue weighted by Crippen LogP contribution is -2.26. The maximum Gasteiger partial charge on any atom is 0.158 e. The molecule has 2 rings (SSSR count). The summed E-state index contributed by atoms with van der Waals surface area (Å²) in [5.74, 6) is -0.376. The smallest absolute Gasteiger partial charge is 0.158 e. The minimum Gasteiger partial charge on any atom is -0.351 e. The average Bonchev–Trinajstić information content (AvgIpc) is 2.39. The van der Waals surface area contributed by atoms with Crippen LogP contribution in [0.15, 0.2) is 29.1 Å². The molecular weight excluding hydrogens is 329 g/mol. The van der Waals surface area contributed by atoms with Gasteiger partial charge in [-0.2, -0.15) is 0 Å². The lowest BCUT2D eigenvalue weighted by atomic mass is 9.84.